The minimum atomic E-state index is -1.21. The molecule has 0 saturated heterocycles. The molecule has 1 rings (SSSR count). The van der Waals surface area contributed by atoms with Gasteiger partial charge < -0.3 is 5.11 Å². The van der Waals surface area contributed by atoms with Gasteiger partial charge in [0.15, 0.2) is 11.5 Å². The molecule has 0 unspecified atom stereocenters. The van der Waals surface area contributed by atoms with E-state index in [1.807, 2.05) is 5.32 Å². The fraction of sp³-hybridized carbons (Fsp3) is 0. The Bertz CT molecular complexity index is 326. The van der Waals surface area contributed by atoms with Gasteiger partial charge in [-0.3, -0.25) is 5.32 Å². The highest BCUT2D eigenvalue weighted by atomic mass is 16.4. The molecule has 6 nitrogen and oxygen atoms in total. The molecule has 6 heteroatoms. The lowest BCUT2D eigenvalue weighted by Gasteiger charge is -1.96. The summed E-state index contributed by atoms with van der Waals surface area (Å²) in [6.07, 6.45) is 1.15. The average molecular weight is 164 g/mol. The molecular formula is C6H4N4O2. The van der Waals surface area contributed by atoms with E-state index in [-0.39, 0.29) is 11.5 Å². The highest BCUT2D eigenvalue weighted by Crippen LogP contribution is 1.98. The molecule has 0 aliphatic carbocycles. The molecule has 0 radical (unpaired) electrons. The number of hydrogen-bond donors (Lipinski definition) is 2. The van der Waals surface area contributed by atoms with Crippen molar-refractivity contribution >= 4 is 11.9 Å². The zero-order valence-corrected chi connectivity index (χ0v) is 5.85. The molecular weight excluding hydrogens is 160 g/mol. The predicted molar refractivity (Wildman–Crippen MR) is 38.4 cm³/mol. The van der Waals surface area contributed by atoms with Crippen LogP contribution in [0.1, 0.15) is 5.69 Å². The Kier molecular flexibility index (Phi) is 2.18. The van der Waals surface area contributed by atoms with Crippen LogP contribution in [0.25, 0.3) is 0 Å². The summed E-state index contributed by atoms with van der Waals surface area (Å²) < 4.78 is 0. The van der Waals surface area contributed by atoms with Crippen molar-refractivity contribution in [3.63, 3.8) is 0 Å². The third kappa shape index (κ3) is 1.91. The lowest BCUT2D eigenvalue weighted by atomic mass is 10.5. The number of carbonyl (C=O) groups is 1. The smallest absolute Gasteiger partial charge is 0.410 e. The zero-order valence-electron chi connectivity index (χ0n) is 5.85. The van der Waals surface area contributed by atoms with Crippen molar-refractivity contribution in [1.29, 1.82) is 5.26 Å². The monoisotopic (exact) mass is 164 g/mol. The summed E-state index contributed by atoms with van der Waals surface area (Å²) in [5.41, 5.74) is 0.144. The van der Waals surface area contributed by atoms with E-state index >= 15 is 0 Å². The van der Waals surface area contributed by atoms with Crippen LogP contribution in [0.3, 0.4) is 0 Å². The number of anilines is 1. The van der Waals surface area contributed by atoms with Crippen molar-refractivity contribution < 1.29 is 9.90 Å². The molecule has 12 heavy (non-hydrogen) atoms. The van der Waals surface area contributed by atoms with Crippen LogP contribution in [0, 0.1) is 11.3 Å². The number of nitrogens with one attached hydrogen (secondary N) is 1. The minimum absolute atomic E-state index is 0.0986. The Morgan fingerprint density at radius 1 is 1.58 bits per heavy atom. The first-order valence-corrected chi connectivity index (χ1v) is 2.94. The summed E-state index contributed by atoms with van der Waals surface area (Å²) in [4.78, 5) is 17.3. The first-order chi connectivity index (χ1) is 5.72. The van der Waals surface area contributed by atoms with Gasteiger partial charge in [-0.1, -0.05) is 0 Å². The third-order valence-electron chi connectivity index (χ3n) is 1.00. The molecule has 60 valence electrons. The number of nitrogens with zero attached hydrogens (tertiary/aromatic N) is 3. The fourth-order valence-corrected chi connectivity index (χ4v) is 0.560. The molecule has 0 aromatic carbocycles. The van der Waals surface area contributed by atoms with E-state index in [1.165, 1.54) is 12.4 Å². The van der Waals surface area contributed by atoms with Gasteiger partial charge >= 0.3 is 6.09 Å². The number of nitriles is 1. The first-order valence-electron chi connectivity index (χ1n) is 2.94. The average Bonchev–Trinajstić information content (AvgIpc) is 2.05. The second-order valence-electron chi connectivity index (χ2n) is 1.83. The Labute approximate surface area is 67.5 Å². The molecule has 0 atom stereocenters. The number of aromatic nitrogens is 2. The summed E-state index contributed by atoms with van der Waals surface area (Å²) in [6.45, 7) is 0. The van der Waals surface area contributed by atoms with Crippen molar-refractivity contribution in [2.45, 2.75) is 0 Å². The Morgan fingerprint density at radius 2 is 2.33 bits per heavy atom. The fourth-order valence-electron chi connectivity index (χ4n) is 0.560. The molecule has 0 fully saturated rings. The number of hydrogen-bond acceptors (Lipinski definition) is 4. The van der Waals surface area contributed by atoms with Gasteiger partial charge in [-0.05, 0) is 0 Å². The zero-order chi connectivity index (χ0) is 8.97. The largest absolute Gasteiger partial charge is 0.465 e. The summed E-state index contributed by atoms with van der Waals surface area (Å²) in [6, 6.07) is 1.76. The topological polar surface area (TPSA) is 98.9 Å². The van der Waals surface area contributed by atoms with Crippen molar-refractivity contribution in [2.75, 3.05) is 5.32 Å². The highest BCUT2D eigenvalue weighted by molar-refractivity contribution is 5.81. The van der Waals surface area contributed by atoms with E-state index in [4.69, 9.17) is 10.4 Å². The molecule has 1 heterocycles. The van der Waals surface area contributed by atoms with Crippen LogP contribution in [0.5, 0.6) is 0 Å². The van der Waals surface area contributed by atoms with E-state index in [0.29, 0.717) is 0 Å². The molecule has 0 spiro atoms. The molecule has 1 amide bonds. The van der Waals surface area contributed by atoms with Gasteiger partial charge in [0.05, 0.1) is 12.4 Å². The molecule has 0 aliphatic heterocycles. The number of rotatable bonds is 1. The summed E-state index contributed by atoms with van der Waals surface area (Å²) in [5, 5.41) is 18.6. The van der Waals surface area contributed by atoms with E-state index in [9.17, 15) is 4.79 Å². The van der Waals surface area contributed by atoms with Crippen molar-refractivity contribution in [1.82, 2.24) is 9.97 Å². The third-order valence-corrected chi connectivity index (χ3v) is 1.00. The van der Waals surface area contributed by atoms with Crippen LogP contribution >= 0.6 is 0 Å². The van der Waals surface area contributed by atoms with Crippen molar-refractivity contribution in [2.24, 2.45) is 0 Å². The quantitative estimate of drug-likeness (QED) is 0.627. The van der Waals surface area contributed by atoms with E-state index in [2.05, 4.69) is 9.97 Å². The Hall–Kier alpha value is -2.16. The van der Waals surface area contributed by atoms with Gasteiger partial charge in [0.2, 0.25) is 0 Å². The van der Waals surface area contributed by atoms with Gasteiger partial charge in [-0.2, -0.15) is 5.26 Å². The maximum absolute atomic E-state index is 10.1. The van der Waals surface area contributed by atoms with Gasteiger partial charge in [-0.15, -0.1) is 0 Å². The molecule has 2 N–H and O–H groups in total. The van der Waals surface area contributed by atoms with Crippen LogP contribution in [0.2, 0.25) is 0 Å². The van der Waals surface area contributed by atoms with E-state index in [0.717, 1.165) is 0 Å². The summed E-state index contributed by atoms with van der Waals surface area (Å²) in [5.74, 6) is 0.0986. The first kappa shape index (κ1) is 7.94. The van der Waals surface area contributed by atoms with Gasteiger partial charge in [0, 0.05) is 0 Å². The van der Waals surface area contributed by atoms with Crippen molar-refractivity contribution in [3.8, 4) is 6.07 Å². The lowest BCUT2D eigenvalue weighted by molar-refractivity contribution is 0.209. The summed E-state index contributed by atoms with van der Waals surface area (Å²) in [7, 11) is 0. The normalized spacial score (nSPS) is 8.58. The van der Waals surface area contributed by atoms with Crippen LogP contribution < -0.4 is 5.32 Å². The lowest BCUT2D eigenvalue weighted by Crippen LogP contribution is -2.08. The van der Waals surface area contributed by atoms with Crippen LogP contribution in [0.15, 0.2) is 12.4 Å². The SMILES string of the molecule is N#Cc1cnc(NC(=O)O)cn1. The highest BCUT2D eigenvalue weighted by Gasteiger charge is 1.98. The second-order valence-corrected chi connectivity index (χ2v) is 1.83. The summed E-state index contributed by atoms with van der Waals surface area (Å²) >= 11 is 0. The molecule has 0 saturated carbocycles. The van der Waals surface area contributed by atoms with Crippen LogP contribution in [-0.2, 0) is 0 Å². The van der Waals surface area contributed by atoms with E-state index < -0.39 is 6.09 Å². The molecule has 1 aromatic rings. The predicted octanol–water partition coefficient (Wildman–Crippen LogP) is 0.438. The number of carboxylic acid groups (broad SMARTS) is 1. The van der Waals surface area contributed by atoms with Gasteiger partial charge in [-0.25, -0.2) is 14.8 Å². The van der Waals surface area contributed by atoms with Crippen LogP contribution in [-0.4, -0.2) is 21.2 Å². The van der Waals surface area contributed by atoms with Crippen molar-refractivity contribution in [3.05, 3.63) is 18.1 Å². The Morgan fingerprint density at radius 3 is 2.75 bits per heavy atom. The maximum Gasteiger partial charge on any atom is 0.410 e. The van der Waals surface area contributed by atoms with Crippen LogP contribution in [0.4, 0.5) is 10.6 Å². The molecule has 0 aliphatic rings. The number of amides is 1. The standard InChI is InChI=1S/C6H4N4O2/c7-1-4-2-9-5(3-8-4)10-6(11)12/h2-3H,(H,9,10)(H,11,12). The molecule has 1 aromatic heterocycles. The molecule has 0 bridgehead atoms. The van der Waals surface area contributed by atoms with E-state index in [1.54, 1.807) is 6.07 Å². The minimum Gasteiger partial charge on any atom is -0.465 e. The second kappa shape index (κ2) is 3.30. The van der Waals surface area contributed by atoms with Gasteiger partial charge in [0.25, 0.3) is 0 Å². The van der Waals surface area contributed by atoms with Gasteiger partial charge in [0.1, 0.15) is 6.07 Å². The maximum atomic E-state index is 10.1. The Balaban J connectivity index is 2.80.